The molecule has 0 saturated carbocycles. The first kappa shape index (κ1) is 17.8. The van der Waals surface area contributed by atoms with E-state index in [1.165, 1.54) is 7.11 Å². The van der Waals surface area contributed by atoms with Gasteiger partial charge in [-0.1, -0.05) is 32.1 Å². The summed E-state index contributed by atoms with van der Waals surface area (Å²) < 4.78 is 10.1. The predicted octanol–water partition coefficient (Wildman–Crippen LogP) is 1.54. The molecule has 2 N–H and O–H groups in total. The number of nitrogens with one attached hydrogen (secondary N) is 2. The van der Waals surface area contributed by atoms with Crippen molar-refractivity contribution < 1.29 is 19.1 Å². The van der Waals surface area contributed by atoms with Crippen molar-refractivity contribution in [2.75, 3.05) is 32.2 Å². The highest BCUT2D eigenvalue weighted by molar-refractivity contribution is 7.17. The van der Waals surface area contributed by atoms with Gasteiger partial charge in [0.2, 0.25) is 5.91 Å². The SMILES string of the molecule is COC(=O)c1sc(NC(=O)CC2COCCN2)nc1C(C)(C)C. The van der Waals surface area contributed by atoms with Crippen molar-refractivity contribution in [1.29, 1.82) is 0 Å². The Kier molecular flexibility index (Phi) is 5.72. The van der Waals surface area contributed by atoms with Crippen LogP contribution in [0, 0.1) is 0 Å². The maximum atomic E-state index is 12.1. The van der Waals surface area contributed by atoms with E-state index in [0.29, 0.717) is 35.3 Å². The second-order valence-corrected chi connectivity index (χ2v) is 7.42. The maximum Gasteiger partial charge on any atom is 0.350 e. The van der Waals surface area contributed by atoms with Crippen LogP contribution in [0.4, 0.5) is 5.13 Å². The molecule has 1 saturated heterocycles. The third-order valence-corrected chi connectivity index (χ3v) is 4.34. The van der Waals surface area contributed by atoms with Crippen LogP contribution in [0.1, 0.15) is 42.6 Å². The van der Waals surface area contributed by atoms with Crippen molar-refractivity contribution >= 4 is 28.3 Å². The summed E-state index contributed by atoms with van der Waals surface area (Å²) in [6.45, 7) is 7.82. The summed E-state index contributed by atoms with van der Waals surface area (Å²) in [5.74, 6) is -0.589. The number of thiazole rings is 1. The van der Waals surface area contributed by atoms with Gasteiger partial charge in [-0.05, 0) is 0 Å². The highest BCUT2D eigenvalue weighted by Crippen LogP contribution is 2.32. The van der Waals surface area contributed by atoms with Gasteiger partial charge in [-0.3, -0.25) is 4.79 Å². The second kappa shape index (κ2) is 7.37. The number of methoxy groups -OCH3 is 1. The predicted molar refractivity (Wildman–Crippen MR) is 88.0 cm³/mol. The van der Waals surface area contributed by atoms with Gasteiger partial charge < -0.3 is 20.1 Å². The molecule has 1 aromatic heterocycles. The number of amides is 1. The average molecular weight is 341 g/mol. The zero-order valence-electron chi connectivity index (χ0n) is 13.9. The van der Waals surface area contributed by atoms with Crippen molar-refractivity contribution in [3.8, 4) is 0 Å². The van der Waals surface area contributed by atoms with Gasteiger partial charge in [-0.2, -0.15) is 0 Å². The third kappa shape index (κ3) is 4.73. The lowest BCUT2D eigenvalue weighted by Crippen LogP contribution is -2.43. The first-order chi connectivity index (χ1) is 10.8. The van der Waals surface area contributed by atoms with Crippen LogP contribution in [0.2, 0.25) is 0 Å². The molecule has 128 valence electrons. The molecule has 2 heterocycles. The van der Waals surface area contributed by atoms with E-state index in [4.69, 9.17) is 9.47 Å². The van der Waals surface area contributed by atoms with Crippen LogP contribution in [0.5, 0.6) is 0 Å². The Morgan fingerprint density at radius 2 is 2.22 bits per heavy atom. The van der Waals surface area contributed by atoms with E-state index in [0.717, 1.165) is 17.9 Å². The Labute approximate surface area is 139 Å². The van der Waals surface area contributed by atoms with Crippen LogP contribution in [-0.2, 0) is 19.7 Å². The van der Waals surface area contributed by atoms with Gasteiger partial charge in [0, 0.05) is 24.4 Å². The molecule has 1 unspecified atom stereocenters. The van der Waals surface area contributed by atoms with Crippen LogP contribution in [-0.4, -0.2) is 49.8 Å². The molecule has 7 nitrogen and oxygen atoms in total. The minimum absolute atomic E-state index is 0.00544. The maximum absolute atomic E-state index is 12.1. The lowest BCUT2D eigenvalue weighted by Gasteiger charge is -2.22. The molecule has 1 aliphatic rings. The second-order valence-electron chi connectivity index (χ2n) is 6.42. The number of carbonyl (C=O) groups is 2. The number of rotatable bonds is 4. The number of ether oxygens (including phenoxy) is 2. The van der Waals surface area contributed by atoms with Crippen LogP contribution in [0.25, 0.3) is 0 Å². The Morgan fingerprint density at radius 1 is 1.48 bits per heavy atom. The number of anilines is 1. The smallest absolute Gasteiger partial charge is 0.350 e. The summed E-state index contributed by atoms with van der Waals surface area (Å²) in [6.07, 6.45) is 0.304. The van der Waals surface area contributed by atoms with Gasteiger partial charge in [0.05, 0.1) is 26.0 Å². The molecule has 1 fully saturated rings. The van der Waals surface area contributed by atoms with Crippen LogP contribution < -0.4 is 10.6 Å². The van der Waals surface area contributed by atoms with Gasteiger partial charge in [0.15, 0.2) is 5.13 Å². The molecule has 0 radical (unpaired) electrons. The molecular weight excluding hydrogens is 318 g/mol. The van der Waals surface area contributed by atoms with E-state index in [2.05, 4.69) is 15.6 Å². The van der Waals surface area contributed by atoms with Gasteiger partial charge in [-0.25, -0.2) is 9.78 Å². The molecule has 8 heteroatoms. The molecule has 1 aromatic rings. The average Bonchev–Trinajstić information content (AvgIpc) is 2.91. The lowest BCUT2D eigenvalue weighted by molar-refractivity contribution is -0.117. The Hall–Kier alpha value is -1.51. The third-order valence-electron chi connectivity index (χ3n) is 3.38. The molecule has 1 amide bonds. The number of carbonyl (C=O) groups excluding carboxylic acids is 2. The standard InChI is InChI=1S/C15H23N3O4S/c1-15(2,3)12-11(13(20)21-4)23-14(18-12)17-10(19)7-9-8-22-6-5-16-9/h9,16H,5-8H2,1-4H3,(H,17,18,19). The van der Waals surface area contributed by atoms with Gasteiger partial charge in [0.25, 0.3) is 0 Å². The zero-order valence-corrected chi connectivity index (χ0v) is 14.7. The fourth-order valence-corrected chi connectivity index (χ4v) is 3.37. The molecule has 0 aliphatic carbocycles. The Morgan fingerprint density at radius 3 is 2.78 bits per heavy atom. The Balaban J connectivity index is 2.08. The highest BCUT2D eigenvalue weighted by Gasteiger charge is 2.28. The van der Waals surface area contributed by atoms with E-state index in [1.807, 2.05) is 20.8 Å². The summed E-state index contributed by atoms with van der Waals surface area (Å²) in [6, 6.07) is 0.00544. The molecule has 1 aliphatic heterocycles. The van der Waals surface area contributed by atoms with Crippen LogP contribution in [0.15, 0.2) is 0 Å². The number of aromatic nitrogens is 1. The van der Waals surface area contributed by atoms with E-state index < -0.39 is 5.97 Å². The first-order valence-electron chi connectivity index (χ1n) is 7.52. The quantitative estimate of drug-likeness (QED) is 0.808. The largest absolute Gasteiger partial charge is 0.465 e. The van der Waals surface area contributed by atoms with Crippen molar-refractivity contribution in [2.45, 2.75) is 38.6 Å². The number of esters is 1. The van der Waals surface area contributed by atoms with Gasteiger partial charge >= 0.3 is 5.97 Å². The number of hydrogen-bond acceptors (Lipinski definition) is 7. The highest BCUT2D eigenvalue weighted by atomic mass is 32.1. The number of morpholine rings is 1. The monoisotopic (exact) mass is 341 g/mol. The van der Waals surface area contributed by atoms with Gasteiger partial charge in [-0.15, -0.1) is 0 Å². The molecule has 0 aromatic carbocycles. The van der Waals surface area contributed by atoms with Crippen molar-refractivity contribution in [3.63, 3.8) is 0 Å². The van der Waals surface area contributed by atoms with Crippen LogP contribution >= 0.6 is 11.3 Å². The topological polar surface area (TPSA) is 89.5 Å². The summed E-state index contributed by atoms with van der Waals surface area (Å²) in [7, 11) is 1.33. The van der Waals surface area contributed by atoms with E-state index in [-0.39, 0.29) is 17.4 Å². The lowest BCUT2D eigenvalue weighted by atomic mass is 9.91. The van der Waals surface area contributed by atoms with E-state index in [9.17, 15) is 9.59 Å². The molecule has 0 bridgehead atoms. The Bertz CT molecular complexity index is 574. The van der Waals surface area contributed by atoms with E-state index in [1.54, 1.807) is 0 Å². The summed E-state index contributed by atoms with van der Waals surface area (Å²) in [5.41, 5.74) is 0.311. The molecule has 0 spiro atoms. The molecule has 2 rings (SSSR count). The summed E-state index contributed by atoms with van der Waals surface area (Å²) in [5, 5.41) is 6.41. The minimum Gasteiger partial charge on any atom is -0.465 e. The van der Waals surface area contributed by atoms with Crippen molar-refractivity contribution in [3.05, 3.63) is 10.6 Å². The van der Waals surface area contributed by atoms with Crippen molar-refractivity contribution in [2.24, 2.45) is 0 Å². The molecule has 1 atom stereocenters. The number of nitrogens with zero attached hydrogens (tertiary/aromatic N) is 1. The minimum atomic E-state index is -0.435. The fourth-order valence-electron chi connectivity index (χ4n) is 2.26. The fraction of sp³-hybridized carbons (Fsp3) is 0.667. The van der Waals surface area contributed by atoms with Gasteiger partial charge in [0.1, 0.15) is 4.88 Å². The van der Waals surface area contributed by atoms with Crippen LogP contribution in [0.3, 0.4) is 0 Å². The van der Waals surface area contributed by atoms with E-state index >= 15 is 0 Å². The van der Waals surface area contributed by atoms with Crippen molar-refractivity contribution in [1.82, 2.24) is 10.3 Å². The zero-order chi connectivity index (χ0) is 17.0. The molecule has 23 heavy (non-hydrogen) atoms. The normalized spacial score (nSPS) is 18.5. The first-order valence-corrected chi connectivity index (χ1v) is 8.33. The summed E-state index contributed by atoms with van der Waals surface area (Å²) in [4.78, 5) is 28.9. The number of hydrogen-bond donors (Lipinski definition) is 2. The summed E-state index contributed by atoms with van der Waals surface area (Å²) >= 11 is 1.14. The molecular formula is C15H23N3O4S.